The molecule has 0 unspecified atom stereocenters. The van der Waals surface area contributed by atoms with Gasteiger partial charge < -0.3 is 4.90 Å². The zero-order chi connectivity index (χ0) is 21.9. The second-order valence-electron chi connectivity index (χ2n) is 8.31. The molecule has 2 aromatic heterocycles. The number of hydrogen-bond acceptors (Lipinski definition) is 5. The first kappa shape index (κ1) is 20.9. The number of hydrogen-bond donors (Lipinski definition) is 0. The maximum atomic E-state index is 13.1. The third kappa shape index (κ3) is 4.21. The van der Waals surface area contributed by atoms with E-state index in [-0.39, 0.29) is 17.3 Å². The Bertz CT molecular complexity index is 1190. The van der Waals surface area contributed by atoms with E-state index < -0.39 is 0 Å². The molecule has 1 amide bonds. The number of carbonyl (C=O) groups excluding carboxylic acids is 1. The SMILES string of the molecule is O=C(CSc1nc(=O)n(Cc2ccccn2)c2c1CCCC2)N1CCCc2ccccc21. The number of thioether (sulfide) groups is 1. The Balaban J connectivity index is 1.38. The van der Waals surface area contributed by atoms with Crippen LogP contribution in [0.3, 0.4) is 0 Å². The average Bonchev–Trinajstić information content (AvgIpc) is 2.84. The number of fused-ring (bicyclic) bond motifs is 2. The molecule has 0 atom stereocenters. The summed E-state index contributed by atoms with van der Waals surface area (Å²) in [7, 11) is 0. The first-order chi connectivity index (χ1) is 15.7. The fraction of sp³-hybridized carbons (Fsp3) is 0.360. The van der Waals surface area contributed by atoms with Crippen molar-refractivity contribution in [3.8, 4) is 0 Å². The van der Waals surface area contributed by atoms with Crippen LogP contribution in [0.15, 0.2) is 58.5 Å². The minimum Gasteiger partial charge on any atom is -0.311 e. The van der Waals surface area contributed by atoms with Gasteiger partial charge in [-0.25, -0.2) is 4.79 Å². The van der Waals surface area contributed by atoms with E-state index in [9.17, 15) is 9.59 Å². The van der Waals surface area contributed by atoms with E-state index in [0.717, 1.165) is 72.7 Å². The molecule has 3 aromatic rings. The number of para-hydroxylation sites is 1. The van der Waals surface area contributed by atoms with Crippen molar-refractivity contribution in [3.63, 3.8) is 0 Å². The Morgan fingerprint density at radius 2 is 1.84 bits per heavy atom. The molecule has 0 fully saturated rings. The highest BCUT2D eigenvalue weighted by Gasteiger charge is 2.25. The molecule has 0 radical (unpaired) electrons. The first-order valence-electron chi connectivity index (χ1n) is 11.2. The van der Waals surface area contributed by atoms with Gasteiger partial charge >= 0.3 is 5.69 Å². The number of amides is 1. The molecule has 1 aromatic carbocycles. The van der Waals surface area contributed by atoms with E-state index >= 15 is 0 Å². The van der Waals surface area contributed by atoms with Crippen molar-refractivity contribution in [3.05, 3.63) is 81.7 Å². The summed E-state index contributed by atoms with van der Waals surface area (Å²) in [5.41, 5.74) is 5.02. The van der Waals surface area contributed by atoms with Gasteiger partial charge in [-0.05, 0) is 62.3 Å². The summed E-state index contributed by atoms with van der Waals surface area (Å²) in [5.74, 6) is 0.364. The van der Waals surface area contributed by atoms with Gasteiger partial charge in [-0.15, -0.1) is 0 Å². The predicted octanol–water partition coefficient (Wildman–Crippen LogP) is 3.64. The summed E-state index contributed by atoms with van der Waals surface area (Å²) in [5, 5.41) is 0.723. The number of carbonyl (C=O) groups is 1. The number of pyridine rings is 1. The van der Waals surface area contributed by atoms with Gasteiger partial charge in [-0.1, -0.05) is 36.0 Å². The normalized spacial score (nSPS) is 15.2. The van der Waals surface area contributed by atoms with Crippen molar-refractivity contribution >= 4 is 23.4 Å². The van der Waals surface area contributed by atoms with Gasteiger partial charge in [0, 0.05) is 29.7 Å². The molecule has 32 heavy (non-hydrogen) atoms. The third-order valence-corrected chi connectivity index (χ3v) is 7.24. The molecule has 5 rings (SSSR count). The smallest absolute Gasteiger partial charge is 0.311 e. The van der Waals surface area contributed by atoms with Crippen LogP contribution in [0.4, 0.5) is 5.69 Å². The van der Waals surface area contributed by atoms with E-state index in [1.807, 2.05) is 41.3 Å². The molecule has 2 aliphatic rings. The minimum absolute atomic E-state index is 0.0752. The Labute approximate surface area is 191 Å². The van der Waals surface area contributed by atoms with Crippen molar-refractivity contribution in [2.45, 2.75) is 50.1 Å². The second kappa shape index (κ2) is 9.28. The monoisotopic (exact) mass is 446 g/mol. The van der Waals surface area contributed by atoms with Gasteiger partial charge in [0.1, 0.15) is 5.03 Å². The van der Waals surface area contributed by atoms with Gasteiger partial charge in [0.25, 0.3) is 0 Å². The largest absolute Gasteiger partial charge is 0.349 e. The zero-order valence-electron chi connectivity index (χ0n) is 18.0. The molecule has 0 spiro atoms. The summed E-state index contributed by atoms with van der Waals surface area (Å²) >= 11 is 1.41. The highest BCUT2D eigenvalue weighted by molar-refractivity contribution is 8.00. The van der Waals surface area contributed by atoms with E-state index in [4.69, 9.17) is 0 Å². The van der Waals surface area contributed by atoms with Crippen molar-refractivity contribution in [1.82, 2.24) is 14.5 Å². The third-order valence-electron chi connectivity index (χ3n) is 6.24. The number of benzene rings is 1. The maximum Gasteiger partial charge on any atom is 0.349 e. The summed E-state index contributed by atoms with van der Waals surface area (Å²) in [6.07, 6.45) is 7.63. The fourth-order valence-electron chi connectivity index (χ4n) is 4.68. The van der Waals surface area contributed by atoms with Crippen LogP contribution in [0.25, 0.3) is 0 Å². The number of aromatic nitrogens is 3. The maximum absolute atomic E-state index is 13.1. The number of anilines is 1. The predicted molar refractivity (Wildman–Crippen MR) is 126 cm³/mol. The van der Waals surface area contributed by atoms with Gasteiger partial charge in [0.15, 0.2) is 0 Å². The molecular formula is C25H26N4O2S. The number of aryl methyl sites for hydroxylation is 1. The molecule has 0 bridgehead atoms. The van der Waals surface area contributed by atoms with E-state index in [2.05, 4.69) is 16.0 Å². The molecular weight excluding hydrogens is 420 g/mol. The average molecular weight is 447 g/mol. The van der Waals surface area contributed by atoms with Crippen LogP contribution in [0.5, 0.6) is 0 Å². The van der Waals surface area contributed by atoms with Gasteiger partial charge in [0.05, 0.1) is 18.0 Å². The van der Waals surface area contributed by atoms with Crippen LogP contribution in [0.2, 0.25) is 0 Å². The summed E-state index contributed by atoms with van der Waals surface area (Å²) in [6, 6.07) is 13.9. The molecule has 0 N–H and O–H groups in total. The standard InChI is InChI=1S/C25H26N4O2S/c30-23(28-15-7-9-18-8-1-3-12-21(18)28)17-32-24-20-11-2-4-13-22(20)29(25(31)27-24)16-19-10-5-6-14-26-19/h1,3,5-6,8,10,12,14H,2,4,7,9,11,13,15-17H2. The quantitative estimate of drug-likeness (QED) is 0.442. The lowest BCUT2D eigenvalue weighted by Gasteiger charge is -2.29. The Morgan fingerprint density at radius 1 is 1.00 bits per heavy atom. The lowest BCUT2D eigenvalue weighted by atomic mass is 9.97. The number of nitrogens with zero attached hydrogens (tertiary/aromatic N) is 4. The van der Waals surface area contributed by atoms with Crippen LogP contribution in [0, 0.1) is 0 Å². The Kier molecular flexibility index (Phi) is 6.08. The fourth-order valence-corrected chi connectivity index (χ4v) is 5.64. The van der Waals surface area contributed by atoms with Gasteiger partial charge in [-0.2, -0.15) is 4.98 Å². The Hall–Kier alpha value is -2.93. The van der Waals surface area contributed by atoms with Gasteiger partial charge in [0.2, 0.25) is 5.91 Å². The summed E-state index contributed by atoms with van der Waals surface area (Å²) in [4.78, 5) is 36.7. The molecule has 164 valence electrons. The second-order valence-corrected chi connectivity index (χ2v) is 9.27. The first-order valence-corrected chi connectivity index (χ1v) is 12.2. The highest BCUT2D eigenvalue weighted by Crippen LogP contribution is 2.31. The molecule has 0 saturated carbocycles. The molecule has 3 heterocycles. The Morgan fingerprint density at radius 3 is 2.72 bits per heavy atom. The van der Waals surface area contributed by atoms with E-state index in [1.54, 1.807) is 10.8 Å². The zero-order valence-corrected chi connectivity index (χ0v) is 18.8. The van der Waals surface area contributed by atoms with E-state index in [1.165, 1.54) is 17.3 Å². The lowest BCUT2D eigenvalue weighted by Crippen LogP contribution is -2.37. The van der Waals surface area contributed by atoms with Crippen molar-refractivity contribution < 1.29 is 4.79 Å². The van der Waals surface area contributed by atoms with Crippen molar-refractivity contribution in [2.75, 3.05) is 17.2 Å². The van der Waals surface area contributed by atoms with Crippen molar-refractivity contribution in [1.29, 1.82) is 0 Å². The van der Waals surface area contributed by atoms with Crippen LogP contribution >= 0.6 is 11.8 Å². The van der Waals surface area contributed by atoms with Crippen LogP contribution < -0.4 is 10.6 Å². The topological polar surface area (TPSA) is 68.1 Å². The van der Waals surface area contributed by atoms with Crippen molar-refractivity contribution in [2.24, 2.45) is 0 Å². The minimum atomic E-state index is -0.255. The summed E-state index contributed by atoms with van der Waals surface area (Å²) in [6.45, 7) is 1.18. The van der Waals surface area contributed by atoms with Crippen LogP contribution in [0.1, 0.15) is 41.8 Å². The van der Waals surface area contributed by atoms with Crippen LogP contribution in [-0.4, -0.2) is 32.7 Å². The molecule has 1 aliphatic heterocycles. The molecule has 6 nitrogen and oxygen atoms in total. The van der Waals surface area contributed by atoms with Crippen LogP contribution in [-0.2, 0) is 30.6 Å². The number of rotatable bonds is 5. The lowest BCUT2D eigenvalue weighted by molar-refractivity contribution is -0.116. The molecule has 1 aliphatic carbocycles. The van der Waals surface area contributed by atoms with Gasteiger partial charge in [-0.3, -0.25) is 14.3 Å². The van der Waals surface area contributed by atoms with E-state index in [0.29, 0.717) is 6.54 Å². The molecule has 0 saturated heterocycles. The highest BCUT2D eigenvalue weighted by atomic mass is 32.2. The molecule has 7 heteroatoms. The summed E-state index contributed by atoms with van der Waals surface area (Å²) < 4.78 is 1.77.